The zero-order valence-corrected chi connectivity index (χ0v) is 20.5. The fourth-order valence-electron chi connectivity index (χ4n) is 3.20. The Balaban J connectivity index is 1.58. The van der Waals surface area contributed by atoms with Crippen molar-refractivity contribution < 1.29 is 22.7 Å². The number of likely N-dealkylation sites (N-methyl/N-ethyl adjacent to an activating group) is 1. The molecular formula is C24H28N2O5S2. The molecule has 0 saturated heterocycles. The number of amides is 1. The second kappa shape index (κ2) is 11.3. The second-order valence-corrected chi connectivity index (χ2v) is 10.5. The fourth-order valence-corrected chi connectivity index (χ4v) is 4.45. The quantitative estimate of drug-likeness (QED) is 0.435. The van der Waals surface area contributed by atoms with Crippen LogP contribution >= 0.6 is 11.3 Å². The summed E-state index contributed by atoms with van der Waals surface area (Å²) in [5.74, 6) is 1.15. The summed E-state index contributed by atoms with van der Waals surface area (Å²) in [6.07, 6.45) is 1.15. The molecule has 7 nitrogen and oxygen atoms in total. The molecule has 3 rings (SSSR count). The van der Waals surface area contributed by atoms with Gasteiger partial charge in [-0.3, -0.25) is 9.69 Å². The number of nitrogens with one attached hydrogen (secondary N) is 1. The number of hydrogen-bond donors (Lipinski definition) is 1. The van der Waals surface area contributed by atoms with Crippen LogP contribution in [0.25, 0.3) is 0 Å². The van der Waals surface area contributed by atoms with Gasteiger partial charge in [0.05, 0.1) is 18.6 Å². The minimum absolute atomic E-state index is 0.174. The predicted molar refractivity (Wildman–Crippen MR) is 131 cm³/mol. The topological polar surface area (TPSA) is 84.9 Å². The van der Waals surface area contributed by atoms with Crippen molar-refractivity contribution in [3.8, 4) is 11.5 Å². The zero-order valence-electron chi connectivity index (χ0n) is 18.9. The van der Waals surface area contributed by atoms with Gasteiger partial charge in [-0.1, -0.05) is 19.1 Å². The van der Waals surface area contributed by atoms with Gasteiger partial charge in [0.1, 0.15) is 6.61 Å². The molecule has 0 radical (unpaired) electrons. The Hall–Kier alpha value is -2.88. The molecule has 0 atom stereocenters. The molecule has 9 heteroatoms. The SMILES string of the molecule is CCN(CC(=O)Nc1ccc(S(C)(=O)=O)cc1)Cc1ccc(OCc2cccs2)c(OC)c1. The highest BCUT2D eigenvalue weighted by atomic mass is 32.2. The van der Waals surface area contributed by atoms with Crippen molar-refractivity contribution >= 4 is 32.8 Å². The van der Waals surface area contributed by atoms with Gasteiger partial charge in [-0.2, -0.15) is 0 Å². The van der Waals surface area contributed by atoms with Gasteiger partial charge in [0.25, 0.3) is 0 Å². The number of anilines is 1. The summed E-state index contributed by atoms with van der Waals surface area (Å²) in [4.78, 5) is 15.9. The molecule has 0 saturated carbocycles. The highest BCUT2D eigenvalue weighted by molar-refractivity contribution is 7.90. The number of nitrogens with zero attached hydrogens (tertiary/aromatic N) is 1. The molecule has 1 heterocycles. The molecule has 0 aliphatic rings. The van der Waals surface area contributed by atoms with E-state index in [1.165, 1.54) is 12.1 Å². The van der Waals surface area contributed by atoms with E-state index in [9.17, 15) is 13.2 Å². The number of sulfone groups is 1. The molecule has 0 spiro atoms. The summed E-state index contributed by atoms with van der Waals surface area (Å²) in [6.45, 7) is 3.92. The number of hydrogen-bond acceptors (Lipinski definition) is 7. The third-order valence-corrected chi connectivity index (χ3v) is 6.94. The zero-order chi connectivity index (χ0) is 23.8. The highest BCUT2D eigenvalue weighted by Gasteiger charge is 2.13. The Kier molecular flexibility index (Phi) is 8.49. The summed E-state index contributed by atoms with van der Waals surface area (Å²) >= 11 is 1.64. The van der Waals surface area contributed by atoms with E-state index < -0.39 is 9.84 Å². The van der Waals surface area contributed by atoms with Gasteiger partial charge in [0.2, 0.25) is 5.91 Å². The van der Waals surface area contributed by atoms with E-state index in [1.54, 1.807) is 30.6 Å². The monoisotopic (exact) mass is 488 g/mol. The van der Waals surface area contributed by atoms with Crippen molar-refractivity contribution in [3.63, 3.8) is 0 Å². The molecule has 2 aromatic carbocycles. The van der Waals surface area contributed by atoms with E-state index in [0.29, 0.717) is 36.9 Å². The summed E-state index contributed by atoms with van der Waals surface area (Å²) in [5.41, 5.74) is 1.56. The van der Waals surface area contributed by atoms with Crippen LogP contribution in [0.15, 0.2) is 64.9 Å². The standard InChI is InChI=1S/C24H28N2O5S2/c1-4-26(16-24(27)25-19-8-10-21(11-9-19)33(3,28)29)15-18-7-12-22(23(14-18)30-2)31-17-20-6-5-13-32-20/h5-14H,4,15-17H2,1-3H3,(H,25,27). The molecule has 176 valence electrons. The van der Waals surface area contributed by atoms with Crippen LogP contribution in [-0.2, 0) is 27.8 Å². The minimum atomic E-state index is -3.27. The first-order chi connectivity index (χ1) is 15.8. The van der Waals surface area contributed by atoms with Gasteiger partial charge in [-0.05, 0) is 60.0 Å². The highest BCUT2D eigenvalue weighted by Crippen LogP contribution is 2.29. The third-order valence-electron chi connectivity index (χ3n) is 4.96. The molecule has 1 N–H and O–H groups in total. The second-order valence-electron chi connectivity index (χ2n) is 7.50. The number of rotatable bonds is 11. The van der Waals surface area contributed by atoms with Crippen LogP contribution in [0.1, 0.15) is 17.4 Å². The van der Waals surface area contributed by atoms with Gasteiger partial charge < -0.3 is 14.8 Å². The van der Waals surface area contributed by atoms with E-state index in [0.717, 1.165) is 16.7 Å². The van der Waals surface area contributed by atoms with Gasteiger partial charge in [0.15, 0.2) is 21.3 Å². The normalized spacial score (nSPS) is 11.4. The number of ether oxygens (including phenoxy) is 2. The van der Waals surface area contributed by atoms with E-state index in [2.05, 4.69) is 5.32 Å². The lowest BCUT2D eigenvalue weighted by molar-refractivity contribution is -0.117. The van der Waals surface area contributed by atoms with E-state index in [-0.39, 0.29) is 17.3 Å². The first-order valence-electron chi connectivity index (χ1n) is 10.4. The van der Waals surface area contributed by atoms with Crippen LogP contribution in [-0.4, -0.2) is 45.7 Å². The molecule has 0 unspecified atom stereocenters. The van der Waals surface area contributed by atoms with Crippen LogP contribution in [0, 0.1) is 0 Å². The number of benzene rings is 2. The van der Waals surface area contributed by atoms with E-state index >= 15 is 0 Å². The lowest BCUT2D eigenvalue weighted by Gasteiger charge is -2.21. The Morgan fingerprint density at radius 3 is 2.45 bits per heavy atom. The lowest BCUT2D eigenvalue weighted by Crippen LogP contribution is -2.32. The molecule has 33 heavy (non-hydrogen) atoms. The fraction of sp³-hybridized carbons (Fsp3) is 0.292. The van der Waals surface area contributed by atoms with Crippen molar-refractivity contribution in [2.24, 2.45) is 0 Å². The van der Waals surface area contributed by atoms with Gasteiger partial charge in [-0.25, -0.2) is 8.42 Å². The van der Waals surface area contributed by atoms with Crippen molar-refractivity contribution in [3.05, 3.63) is 70.4 Å². The first kappa shape index (κ1) is 24.8. The average molecular weight is 489 g/mol. The van der Waals surface area contributed by atoms with Crippen LogP contribution < -0.4 is 14.8 Å². The van der Waals surface area contributed by atoms with Crippen LogP contribution in [0.5, 0.6) is 11.5 Å². The van der Waals surface area contributed by atoms with Crippen molar-refractivity contribution in [2.75, 3.05) is 31.8 Å². The Morgan fingerprint density at radius 2 is 1.85 bits per heavy atom. The van der Waals surface area contributed by atoms with Crippen LogP contribution in [0.3, 0.4) is 0 Å². The maximum atomic E-state index is 12.5. The Bertz CT molecular complexity index is 1160. The molecule has 0 fully saturated rings. The van der Waals surface area contributed by atoms with Gasteiger partial charge >= 0.3 is 0 Å². The molecule has 3 aromatic rings. The molecule has 1 aromatic heterocycles. The molecule has 0 aliphatic heterocycles. The minimum Gasteiger partial charge on any atom is -0.493 e. The summed E-state index contributed by atoms with van der Waals surface area (Å²) in [6, 6.07) is 15.9. The Morgan fingerprint density at radius 1 is 1.09 bits per heavy atom. The van der Waals surface area contributed by atoms with E-state index in [4.69, 9.17) is 9.47 Å². The molecule has 0 bridgehead atoms. The maximum absolute atomic E-state index is 12.5. The van der Waals surface area contributed by atoms with E-state index in [1.807, 2.05) is 47.5 Å². The van der Waals surface area contributed by atoms with Crippen molar-refractivity contribution in [1.82, 2.24) is 4.90 Å². The number of methoxy groups -OCH3 is 1. The van der Waals surface area contributed by atoms with Crippen molar-refractivity contribution in [2.45, 2.75) is 25.0 Å². The summed E-state index contributed by atoms with van der Waals surface area (Å²) in [5, 5.41) is 4.83. The largest absolute Gasteiger partial charge is 0.493 e. The van der Waals surface area contributed by atoms with Gasteiger partial charge in [0, 0.05) is 23.4 Å². The average Bonchev–Trinajstić information content (AvgIpc) is 3.31. The molecular weight excluding hydrogens is 460 g/mol. The molecule has 1 amide bonds. The van der Waals surface area contributed by atoms with Crippen LogP contribution in [0.2, 0.25) is 0 Å². The van der Waals surface area contributed by atoms with Crippen LogP contribution in [0.4, 0.5) is 5.69 Å². The number of carbonyl (C=O) groups excluding carboxylic acids is 1. The summed E-state index contributed by atoms with van der Waals surface area (Å²) < 4.78 is 34.5. The van der Waals surface area contributed by atoms with Gasteiger partial charge in [-0.15, -0.1) is 11.3 Å². The number of carbonyl (C=O) groups is 1. The third kappa shape index (κ3) is 7.31. The maximum Gasteiger partial charge on any atom is 0.238 e. The Labute approximate surface area is 198 Å². The first-order valence-corrected chi connectivity index (χ1v) is 13.2. The molecule has 0 aliphatic carbocycles. The number of thiophene rings is 1. The predicted octanol–water partition coefficient (Wildman–Crippen LogP) is 4.20. The summed E-state index contributed by atoms with van der Waals surface area (Å²) in [7, 11) is -1.66. The lowest BCUT2D eigenvalue weighted by atomic mass is 10.2. The van der Waals surface area contributed by atoms with Crippen molar-refractivity contribution in [1.29, 1.82) is 0 Å². The smallest absolute Gasteiger partial charge is 0.238 e.